The number of thioether (sulfide) groups is 1. The SMILES string of the molecule is CC(C)(C)NC(=O)OCCCSC(C)(C)C. The van der Waals surface area contributed by atoms with Gasteiger partial charge in [0, 0.05) is 10.3 Å². The zero-order valence-corrected chi connectivity index (χ0v) is 12.2. The van der Waals surface area contributed by atoms with Crippen LogP contribution >= 0.6 is 11.8 Å². The lowest BCUT2D eigenvalue weighted by atomic mass is 10.1. The molecule has 0 rings (SSSR count). The van der Waals surface area contributed by atoms with Crippen molar-refractivity contribution in [3.05, 3.63) is 0 Å². The van der Waals surface area contributed by atoms with E-state index in [9.17, 15) is 4.79 Å². The predicted octanol–water partition coefficient (Wildman–Crippen LogP) is 3.43. The second kappa shape index (κ2) is 6.38. The Bertz CT molecular complexity index is 216. The minimum atomic E-state index is -0.326. The van der Waals surface area contributed by atoms with Crippen LogP contribution in [0.3, 0.4) is 0 Å². The summed E-state index contributed by atoms with van der Waals surface area (Å²) in [5.74, 6) is 1.02. The van der Waals surface area contributed by atoms with Gasteiger partial charge in [-0.15, -0.1) is 0 Å². The van der Waals surface area contributed by atoms with Crippen LogP contribution in [0.4, 0.5) is 4.79 Å². The third-order valence-electron chi connectivity index (χ3n) is 1.53. The number of amides is 1. The molecule has 0 saturated carbocycles. The van der Waals surface area contributed by atoms with Gasteiger partial charge in [-0.25, -0.2) is 4.79 Å². The standard InChI is InChI=1S/C12H25NO2S/c1-11(2,3)13-10(14)15-8-7-9-16-12(4,5)6/h7-9H2,1-6H3,(H,13,14). The van der Waals surface area contributed by atoms with Gasteiger partial charge in [-0.05, 0) is 32.9 Å². The van der Waals surface area contributed by atoms with Gasteiger partial charge in [0.2, 0.25) is 0 Å². The van der Waals surface area contributed by atoms with E-state index in [0.29, 0.717) is 6.61 Å². The highest BCUT2D eigenvalue weighted by Crippen LogP contribution is 2.23. The second-order valence-electron chi connectivity index (χ2n) is 5.83. The summed E-state index contributed by atoms with van der Waals surface area (Å²) in [5, 5.41) is 2.76. The van der Waals surface area contributed by atoms with Crippen LogP contribution in [0.15, 0.2) is 0 Å². The first-order valence-corrected chi connectivity index (χ1v) is 6.68. The molecule has 0 spiro atoms. The topological polar surface area (TPSA) is 38.3 Å². The van der Waals surface area contributed by atoms with Crippen molar-refractivity contribution in [3.8, 4) is 0 Å². The average Bonchev–Trinajstić information content (AvgIpc) is 1.97. The van der Waals surface area contributed by atoms with Crippen molar-refractivity contribution in [1.82, 2.24) is 5.32 Å². The first kappa shape index (κ1) is 15.6. The molecule has 4 heteroatoms. The molecule has 0 fully saturated rings. The summed E-state index contributed by atoms with van der Waals surface area (Å²) in [5.41, 5.74) is -0.225. The average molecular weight is 247 g/mol. The second-order valence-corrected chi connectivity index (χ2v) is 7.75. The molecular weight excluding hydrogens is 222 g/mol. The monoisotopic (exact) mass is 247 g/mol. The van der Waals surface area contributed by atoms with Crippen LogP contribution in [0.1, 0.15) is 48.0 Å². The first-order valence-electron chi connectivity index (χ1n) is 5.69. The summed E-state index contributed by atoms with van der Waals surface area (Å²) >= 11 is 1.89. The molecule has 3 nitrogen and oxygen atoms in total. The van der Waals surface area contributed by atoms with Crippen molar-refractivity contribution in [3.63, 3.8) is 0 Å². The largest absolute Gasteiger partial charge is 0.450 e. The van der Waals surface area contributed by atoms with E-state index in [0.717, 1.165) is 12.2 Å². The number of alkyl carbamates (subject to hydrolysis) is 1. The quantitative estimate of drug-likeness (QED) is 0.773. The van der Waals surface area contributed by atoms with Gasteiger partial charge in [0.15, 0.2) is 0 Å². The van der Waals surface area contributed by atoms with Gasteiger partial charge in [-0.3, -0.25) is 0 Å². The Kier molecular flexibility index (Phi) is 6.23. The fraction of sp³-hybridized carbons (Fsp3) is 0.917. The molecule has 0 radical (unpaired) electrons. The molecule has 0 unspecified atom stereocenters. The molecule has 0 atom stereocenters. The zero-order chi connectivity index (χ0) is 12.8. The van der Waals surface area contributed by atoms with Gasteiger partial charge in [-0.2, -0.15) is 11.8 Å². The Hall–Kier alpha value is -0.380. The van der Waals surface area contributed by atoms with Crippen LogP contribution in [0.2, 0.25) is 0 Å². The third-order valence-corrected chi connectivity index (χ3v) is 2.89. The van der Waals surface area contributed by atoms with Gasteiger partial charge >= 0.3 is 6.09 Å². The number of carbonyl (C=O) groups is 1. The summed E-state index contributed by atoms with van der Waals surface area (Å²) in [7, 11) is 0. The highest BCUT2D eigenvalue weighted by Gasteiger charge is 2.14. The fourth-order valence-electron chi connectivity index (χ4n) is 0.944. The molecule has 16 heavy (non-hydrogen) atoms. The van der Waals surface area contributed by atoms with Crippen molar-refractivity contribution in [2.24, 2.45) is 0 Å². The molecule has 0 heterocycles. The summed E-state index contributed by atoms with van der Waals surface area (Å²) in [6.45, 7) is 12.8. The lowest BCUT2D eigenvalue weighted by molar-refractivity contribution is 0.138. The van der Waals surface area contributed by atoms with E-state index in [1.165, 1.54) is 0 Å². The molecule has 0 aromatic heterocycles. The number of nitrogens with one attached hydrogen (secondary N) is 1. The molecule has 96 valence electrons. The van der Waals surface area contributed by atoms with Crippen LogP contribution in [-0.2, 0) is 4.74 Å². The van der Waals surface area contributed by atoms with Gasteiger partial charge in [-0.1, -0.05) is 20.8 Å². The molecule has 1 amide bonds. The molecule has 1 N–H and O–H groups in total. The Balaban J connectivity index is 3.50. The summed E-state index contributed by atoms with van der Waals surface area (Å²) in [6, 6.07) is 0. The number of carbonyl (C=O) groups excluding carboxylic acids is 1. The maximum absolute atomic E-state index is 11.3. The van der Waals surface area contributed by atoms with E-state index in [2.05, 4.69) is 26.1 Å². The Morgan fingerprint density at radius 3 is 2.19 bits per heavy atom. The minimum absolute atomic E-state index is 0.225. The molecule has 0 aromatic rings. The maximum Gasteiger partial charge on any atom is 0.407 e. The molecule has 0 aliphatic rings. The zero-order valence-electron chi connectivity index (χ0n) is 11.3. The normalized spacial score (nSPS) is 12.4. The minimum Gasteiger partial charge on any atom is -0.450 e. The lowest BCUT2D eigenvalue weighted by Crippen LogP contribution is -2.41. The molecule has 0 aliphatic carbocycles. The van der Waals surface area contributed by atoms with Crippen molar-refractivity contribution in [1.29, 1.82) is 0 Å². The maximum atomic E-state index is 11.3. The Labute approximate surface area is 104 Å². The van der Waals surface area contributed by atoms with Gasteiger partial charge in [0.1, 0.15) is 0 Å². The van der Waals surface area contributed by atoms with Crippen molar-refractivity contribution in [2.75, 3.05) is 12.4 Å². The van der Waals surface area contributed by atoms with E-state index in [-0.39, 0.29) is 16.4 Å². The van der Waals surface area contributed by atoms with Crippen molar-refractivity contribution < 1.29 is 9.53 Å². The van der Waals surface area contributed by atoms with Gasteiger partial charge < -0.3 is 10.1 Å². The Morgan fingerprint density at radius 2 is 1.75 bits per heavy atom. The van der Waals surface area contributed by atoms with Crippen LogP contribution in [0.25, 0.3) is 0 Å². The highest BCUT2D eigenvalue weighted by molar-refractivity contribution is 8.00. The summed E-state index contributed by atoms with van der Waals surface area (Å²) in [6.07, 6.45) is 0.577. The fourth-order valence-corrected chi connectivity index (χ4v) is 1.82. The van der Waals surface area contributed by atoms with E-state index in [4.69, 9.17) is 4.74 Å². The molecular formula is C12H25NO2S. The predicted molar refractivity (Wildman–Crippen MR) is 71.1 cm³/mol. The number of hydrogen-bond donors (Lipinski definition) is 1. The van der Waals surface area contributed by atoms with E-state index >= 15 is 0 Å². The van der Waals surface area contributed by atoms with Crippen molar-refractivity contribution in [2.45, 2.75) is 58.2 Å². The van der Waals surface area contributed by atoms with Crippen LogP contribution in [0.5, 0.6) is 0 Å². The van der Waals surface area contributed by atoms with Crippen LogP contribution < -0.4 is 5.32 Å². The molecule has 0 aromatic carbocycles. The number of rotatable bonds is 4. The smallest absolute Gasteiger partial charge is 0.407 e. The number of ether oxygens (including phenoxy) is 1. The summed E-state index contributed by atoms with van der Waals surface area (Å²) < 4.78 is 5.35. The van der Waals surface area contributed by atoms with Crippen LogP contribution in [0, 0.1) is 0 Å². The van der Waals surface area contributed by atoms with Crippen molar-refractivity contribution >= 4 is 17.9 Å². The molecule has 0 aliphatic heterocycles. The van der Waals surface area contributed by atoms with Gasteiger partial charge in [0.05, 0.1) is 6.61 Å². The Morgan fingerprint density at radius 1 is 1.19 bits per heavy atom. The van der Waals surface area contributed by atoms with E-state index in [1.54, 1.807) is 0 Å². The number of hydrogen-bond acceptors (Lipinski definition) is 3. The molecule has 0 bridgehead atoms. The van der Waals surface area contributed by atoms with Crippen LogP contribution in [-0.4, -0.2) is 28.7 Å². The third kappa shape index (κ3) is 11.7. The van der Waals surface area contributed by atoms with Gasteiger partial charge in [0.25, 0.3) is 0 Å². The summed E-state index contributed by atoms with van der Waals surface area (Å²) in [4.78, 5) is 11.3. The lowest BCUT2D eigenvalue weighted by Gasteiger charge is -2.20. The molecule has 0 saturated heterocycles. The van der Waals surface area contributed by atoms with E-state index in [1.807, 2.05) is 32.5 Å². The van der Waals surface area contributed by atoms with E-state index < -0.39 is 0 Å². The first-order chi connectivity index (χ1) is 7.10. The highest BCUT2D eigenvalue weighted by atomic mass is 32.2.